The molecule has 0 radical (unpaired) electrons. The lowest BCUT2D eigenvalue weighted by Crippen LogP contribution is -2.47. The van der Waals surface area contributed by atoms with Crippen LogP contribution in [0.1, 0.15) is 5.69 Å². The molecular weight excluding hydrogens is 252 g/mol. The average molecular weight is 270 g/mol. The fraction of sp³-hybridized carbons (Fsp3) is 0.357. The van der Waals surface area contributed by atoms with Crippen molar-refractivity contribution in [1.82, 2.24) is 15.0 Å². The van der Waals surface area contributed by atoms with Crippen LogP contribution in [0.2, 0.25) is 0 Å². The van der Waals surface area contributed by atoms with Crippen LogP contribution in [0, 0.1) is 6.92 Å². The summed E-state index contributed by atoms with van der Waals surface area (Å²) in [5, 5.41) is 0. The number of nitrogens with two attached hydrogens (primary N) is 1. The van der Waals surface area contributed by atoms with E-state index in [1.54, 1.807) is 0 Å². The molecule has 3 heterocycles. The number of nitrogens with zero attached hydrogens (tertiary/aromatic N) is 5. The van der Waals surface area contributed by atoms with Gasteiger partial charge in [0.25, 0.3) is 0 Å². The molecule has 1 fully saturated rings. The van der Waals surface area contributed by atoms with Crippen LogP contribution < -0.4 is 15.5 Å². The molecule has 6 heteroatoms. The number of hydrogen-bond donors (Lipinski definition) is 1. The van der Waals surface area contributed by atoms with Gasteiger partial charge in [0.2, 0.25) is 5.95 Å². The van der Waals surface area contributed by atoms with E-state index in [1.165, 1.54) is 0 Å². The molecule has 1 aliphatic rings. The largest absolute Gasteiger partial charge is 0.384 e. The minimum absolute atomic E-state index is 0.556. The molecule has 0 atom stereocenters. The van der Waals surface area contributed by atoms with E-state index >= 15 is 0 Å². The molecular formula is C14H18N6. The molecule has 1 saturated heterocycles. The van der Waals surface area contributed by atoms with E-state index < -0.39 is 0 Å². The van der Waals surface area contributed by atoms with E-state index in [1.807, 2.05) is 37.5 Å². The average Bonchev–Trinajstić information content (AvgIpc) is 2.48. The Kier molecular flexibility index (Phi) is 3.37. The zero-order valence-corrected chi connectivity index (χ0v) is 11.5. The summed E-state index contributed by atoms with van der Waals surface area (Å²) in [5.41, 5.74) is 7.73. The standard InChI is InChI=1S/C14H18N6/c1-11-4-5-16-14(18-11)20-8-6-19(7-9-20)12-2-3-13(15)17-10-12/h2-5,10H,6-9H2,1H3,(H2,15,17). The lowest BCUT2D eigenvalue weighted by atomic mass is 10.3. The number of rotatable bonds is 2. The summed E-state index contributed by atoms with van der Waals surface area (Å²) < 4.78 is 0. The first kappa shape index (κ1) is 12.7. The Balaban J connectivity index is 1.66. The van der Waals surface area contributed by atoms with E-state index in [4.69, 9.17) is 5.73 Å². The van der Waals surface area contributed by atoms with Gasteiger partial charge in [0.15, 0.2) is 0 Å². The predicted octanol–water partition coefficient (Wildman–Crippen LogP) is 1.09. The minimum Gasteiger partial charge on any atom is -0.384 e. The topological polar surface area (TPSA) is 71.2 Å². The highest BCUT2D eigenvalue weighted by Crippen LogP contribution is 2.18. The summed E-state index contributed by atoms with van der Waals surface area (Å²) in [7, 11) is 0. The second-order valence-corrected chi connectivity index (χ2v) is 4.91. The van der Waals surface area contributed by atoms with E-state index in [-0.39, 0.29) is 0 Å². The maximum Gasteiger partial charge on any atom is 0.225 e. The summed E-state index contributed by atoms with van der Waals surface area (Å²) in [4.78, 5) is 17.5. The van der Waals surface area contributed by atoms with Crippen LogP contribution in [0.25, 0.3) is 0 Å². The Morgan fingerprint density at radius 3 is 2.40 bits per heavy atom. The Bertz CT molecular complexity index is 574. The molecule has 0 aliphatic carbocycles. The van der Waals surface area contributed by atoms with Crippen molar-refractivity contribution in [2.24, 2.45) is 0 Å². The molecule has 3 rings (SSSR count). The van der Waals surface area contributed by atoms with Crippen LogP contribution in [-0.2, 0) is 0 Å². The minimum atomic E-state index is 0.556. The van der Waals surface area contributed by atoms with Crippen LogP contribution >= 0.6 is 0 Å². The first-order valence-electron chi connectivity index (χ1n) is 6.73. The summed E-state index contributed by atoms with van der Waals surface area (Å²) in [6.45, 7) is 5.68. The van der Waals surface area contributed by atoms with Crippen molar-refractivity contribution in [1.29, 1.82) is 0 Å². The molecule has 20 heavy (non-hydrogen) atoms. The molecule has 1 aliphatic heterocycles. The van der Waals surface area contributed by atoms with Crippen molar-refractivity contribution in [3.63, 3.8) is 0 Å². The number of aromatic nitrogens is 3. The van der Waals surface area contributed by atoms with Gasteiger partial charge in [-0.1, -0.05) is 0 Å². The number of pyridine rings is 1. The Hall–Kier alpha value is -2.37. The second kappa shape index (κ2) is 5.32. The third-order valence-corrected chi connectivity index (χ3v) is 3.48. The molecule has 2 N–H and O–H groups in total. The Morgan fingerprint density at radius 1 is 1.00 bits per heavy atom. The molecule has 104 valence electrons. The SMILES string of the molecule is Cc1ccnc(N2CCN(c3ccc(N)nc3)CC2)n1. The van der Waals surface area contributed by atoms with E-state index in [9.17, 15) is 0 Å². The fourth-order valence-corrected chi connectivity index (χ4v) is 2.34. The van der Waals surface area contributed by atoms with Crippen LogP contribution in [0.15, 0.2) is 30.6 Å². The van der Waals surface area contributed by atoms with Crippen molar-refractivity contribution in [2.75, 3.05) is 41.7 Å². The summed E-state index contributed by atoms with van der Waals surface area (Å²) in [6.07, 6.45) is 3.64. The van der Waals surface area contributed by atoms with Gasteiger partial charge in [0.05, 0.1) is 11.9 Å². The molecule has 0 saturated carbocycles. The van der Waals surface area contributed by atoms with Gasteiger partial charge < -0.3 is 15.5 Å². The number of piperazine rings is 1. The second-order valence-electron chi connectivity index (χ2n) is 4.91. The number of anilines is 3. The van der Waals surface area contributed by atoms with Gasteiger partial charge >= 0.3 is 0 Å². The van der Waals surface area contributed by atoms with Gasteiger partial charge in [-0.25, -0.2) is 15.0 Å². The Labute approximate surface area is 118 Å². The number of aryl methyl sites for hydroxylation is 1. The van der Waals surface area contributed by atoms with Crippen LogP contribution in [0.5, 0.6) is 0 Å². The van der Waals surface area contributed by atoms with Crippen molar-refractivity contribution >= 4 is 17.5 Å². The molecule has 6 nitrogen and oxygen atoms in total. The normalized spacial score (nSPS) is 15.4. The molecule has 0 amide bonds. The quantitative estimate of drug-likeness (QED) is 0.880. The fourth-order valence-electron chi connectivity index (χ4n) is 2.34. The van der Waals surface area contributed by atoms with E-state index in [0.717, 1.165) is 43.5 Å². The summed E-state index contributed by atoms with van der Waals surface area (Å²) in [5.74, 6) is 1.38. The zero-order chi connectivity index (χ0) is 13.9. The van der Waals surface area contributed by atoms with Gasteiger partial charge in [-0.15, -0.1) is 0 Å². The van der Waals surface area contributed by atoms with Crippen LogP contribution in [0.4, 0.5) is 17.5 Å². The van der Waals surface area contributed by atoms with Crippen molar-refractivity contribution < 1.29 is 0 Å². The maximum atomic E-state index is 5.61. The third-order valence-electron chi connectivity index (χ3n) is 3.48. The first-order valence-corrected chi connectivity index (χ1v) is 6.73. The number of nitrogen functional groups attached to an aromatic ring is 1. The molecule has 0 spiro atoms. The molecule has 2 aromatic heterocycles. The monoisotopic (exact) mass is 270 g/mol. The zero-order valence-electron chi connectivity index (χ0n) is 11.5. The molecule has 0 aromatic carbocycles. The van der Waals surface area contributed by atoms with Crippen molar-refractivity contribution in [3.05, 3.63) is 36.3 Å². The van der Waals surface area contributed by atoms with Gasteiger partial charge in [0.1, 0.15) is 5.82 Å². The van der Waals surface area contributed by atoms with Gasteiger partial charge in [-0.2, -0.15) is 0 Å². The summed E-state index contributed by atoms with van der Waals surface area (Å²) >= 11 is 0. The van der Waals surface area contributed by atoms with Crippen LogP contribution in [0.3, 0.4) is 0 Å². The van der Waals surface area contributed by atoms with Gasteiger partial charge in [-0.3, -0.25) is 0 Å². The molecule has 0 bridgehead atoms. The van der Waals surface area contributed by atoms with Crippen LogP contribution in [-0.4, -0.2) is 41.1 Å². The molecule has 2 aromatic rings. The summed E-state index contributed by atoms with van der Waals surface area (Å²) in [6, 6.07) is 5.77. The van der Waals surface area contributed by atoms with E-state index in [2.05, 4.69) is 24.8 Å². The van der Waals surface area contributed by atoms with Crippen molar-refractivity contribution in [3.8, 4) is 0 Å². The first-order chi connectivity index (χ1) is 9.72. The van der Waals surface area contributed by atoms with Gasteiger partial charge in [-0.05, 0) is 25.1 Å². The lowest BCUT2D eigenvalue weighted by molar-refractivity contribution is 0.638. The highest BCUT2D eigenvalue weighted by molar-refractivity contribution is 5.49. The Morgan fingerprint density at radius 2 is 1.75 bits per heavy atom. The highest BCUT2D eigenvalue weighted by atomic mass is 15.3. The van der Waals surface area contributed by atoms with E-state index in [0.29, 0.717) is 5.82 Å². The third kappa shape index (κ3) is 2.64. The highest BCUT2D eigenvalue weighted by Gasteiger charge is 2.19. The predicted molar refractivity (Wildman–Crippen MR) is 79.8 cm³/mol. The smallest absolute Gasteiger partial charge is 0.225 e. The van der Waals surface area contributed by atoms with Gasteiger partial charge in [0, 0.05) is 38.1 Å². The maximum absolute atomic E-state index is 5.61. The number of hydrogen-bond acceptors (Lipinski definition) is 6. The van der Waals surface area contributed by atoms with Crippen molar-refractivity contribution in [2.45, 2.75) is 6.92 Å². The molecule has 0 unspecified atom stereocenters. The lowest BCUT2D eigenvalue weighted by Gasteiger charge is -2.35.